The summed E-state index contributed by atoms with van der Waals surface area (Å²) in [4.78, 5) is 11.5. The maximum atomic E-state index is 11.5. The van der Waals surface area contributed by atoms with Crippen LogP contribution in [0.25, 0.3) is 0 Å². The highest BCUT2D eigenvalue weighted by molar-refractivity contribution is 6.71. The summed E-state index contributed by atoms with van der Waals surface area (Å²) in [6.07, 6.45) is 2.07. The molecule has 0 spiro atoms. The zero-order chi connectivity index (χ0) is 15.1. The zero-order valence-electron chi connectivity index (χ0n) is 13.6. The molecular weight excluding hydrogens is 274 g/mol. The molecule has 0 aliphatic carbocycles. The van der Waals surface area contributed by atoms with Gasteiger partial charge in [0, 0.05) is 12.6 Å². The molecule has 19 heavy (non-hydrogen) atoms. The topological polar surface area (TPSA) is 47.6 Å². The maximum absolute atomic E-state index is 11.5. The van der Waals surface area contributed by atoms with Gasteiger partial charge in [0.1, 0.15) is 0 Å². The van der Waals surface area contributed by atoms with Crippen LogP contribution in [0.2, 0.25) is 38.8 Å². The van der Waals surface area contributed by atoms with Crippen LogP contribution in [0.3, 0.4) is 0 Å². The van der Waals surface area contributed by atoms with Crippen LogP contribution in [0, 0.1) is 0 Å². The van der Waals surface area contributed by atoms with E-state index < -0.39 is 16.6 Å². The molecule has 0 bridgehead atoms. The third-order valence-corrected chi connectivity index (χ3v) is 6.11. The average Bonchev–Trinajstić information content (AvgIpc) is 2.21. The van der Waals surface area contributed by atoms with Crippen molar-refractivity contribution in [2.45, 2.75) is 71.6 Å². The molecule has 4 nitrogen and oxygen atoms in total. The first-order valence-electron chi connectivity index (χ1n) is 7.20. The summed E-state index contributed by atoms with van der Waals surface area (Å²) in [6, 6.07) is 1.06. The fraction of sp³-hybridized carbons (Fsp3) is 0.923. The average molecular weight is 306 g/mol. The van der Waals surface area contributed by atoms with Crippen molar-refractivity contribution in [1.82, 2.24) is 5.32 Å². The van der Waals surface area contributed by atoms with E-state index in [1.807, 2.05) is 19.6 Å². The second-order valence-corrected chi connectivity index (χ2v) is 15.3. The van der Waals surface area contributed by atoms with Gasteiger partial charge in [-0.1, -0.05) is 6.92 Å². The highest BCUT2D eigenvalue weighted by Gasteiger charge is 2.24. The molecule has 0 fully saturated rings. The number of nitrogens with one attached hydrogen (secondary N) is 1. The Labute approximate surface area is 120 Å². The van der Waals surface area contributed by atoms with Gasteiger partial charge in [-0.2, -0.15) is 0 Å². The second kappa shape index (κ2) is 8.06. The number of carbonyl (C=O) groups excluding carboxylic acids is 1. The molecule has 0 heterocycles. The van der Waals surface area contributed by atoms with Crippen molar-refractivity contribution in [3.63, 3.8) is 0 Å². The van der Waals surface area contributed by atoms with Crippen LogP contribution < -0.4 is 5.32 Å². The molecule has 0 aromatic heterocycles. The Morgan fingerprint density at radius 2 is 1.79 bits per heavy atom. The number of carbonyl (C=O) groups is 1. The smallest absolute Gasteiger partial charge is 0.393 e. The minimum atomic E-state index is -1.77. The molecule has 1 unspecified atom stereocenters. The lowest BCUT2D eigenvalue weighted by molar-refractivity contribution is 0.197. The normalized spacial score (nSPS) is 14.1. The van der Waals surface area contributed by atoms with Crippen molar-refractivity contribution >= 4 is 22.7 Å². The van der Waals surface area contributed by atoms with Crippen LogP contribution >= 0.6 is 0 Å². The van der Waals surface area contributed by atoms with Crippen LogP contribution in [-0.2, 0) is 8.85 Å². The fourth-order valence-electron chi connectivity index (χ4n) is 1.71. The Bertz CT molecular complexity index is 278. The molecule has 1 N–H and O–H groups in total. The molecular formula is C13H31NO3Si2. The number of rotatable bonds is 8. The summed E-state index contributed by atoms with van der Waals surface area (Å²) in [5, 5.41) is 2.82. The summed E-state index contributed by atoms with van der Waals surface area (Å²) >= 11 is 0. The first-order valence-corrected chi connectivity index (χ1v) is 13.7. The van der Waals surface area contributed by atoms with E-state index in [0.717, 1.165) is 18.9 Å². The summed E-state index contributed by atoms with van der Waals surface area (Å²) < 4.78 is 11.4. The van der Waals surface area contributed by atoms with Crippen molar-refractivity contribution < 1.29 is 13.6 Å². The number of hydrogen-bond donors (Lipinski definition) is 1. The molecule has 114 valence electrons. The largest absolute Gasteiger partial charge is 0.504 e. The van der Waals surface area contributed by atoms with Crippen molar-refractivity contribution in [2.75, 3.05) is 6.54 Å². The van der Waals surface area contributed by atoms with Crippen LogP contribution in [0.4, 0.5) is 4.79 Å². The Morgan fingerprint density at radius 1 is 1.21 bits per heavy atom. The van der Waals surface area contributed by atoms with E-state index >= 15 is 0 Å². The summed E-state index contributed by atoms with van der Waals surface area (Å²) in [6.45, 7) is 15.4. The Hall–Kier alpha value is -0.336. The molecule has 0 rings (SSSR count). The molecule has 0 aliphatic heterocycles. The van der Waals surface area contributed by atoms with Gasteiger partial charge in [-0.3, -0.25) is 0 Å². The van der Waals surface area contributed by atoms with Crippen molar-refractivity contribution in [2.24, 2.45) is 0 Å². The van der Waals surface area contributed by atoms with Gasteiger partial charge in [0.15, 0.2) is 8.32 Å². The van der Waals surface area contributed by atoms with Gasteiger partial charge in [-0.25, -0.2) is 4.79 Å². The van der Waals surface area contributed by atoms with Gasteiger partial charge in [0.05, 0.1) is 0 Å². The highest BCUT2D eigenvalue weighted by Crippen LogP contribution is 2.16. The molecule has 0 saturated heterocycles. The number of hydrogen-bond acceptors (Lipinski definition) is 3. The molecule has 0 radical (unpaired) electrons. The minimum absolute atomic E-state index is 0.276. The SMILES string of the molecule is CCC(C)O[Si](C)(C)CCCNC(=O)O[Si](C)(C)C. The summed E-state index contributed by atoms with van der Waals surface area (Å²) in [5.41, 5.74) is 0. The van der Waals surface area contributed by atoms with Crippen LogP contribution in [0.15, 0.2) is 0 Å². The first-order chi connectivity index (χ1) is 8.56. The second-order valence-electron chi connectivity index (χ2n) is 6.63. The van der Waals surface area contributed by atoms with Gasteiger partial charge >= 0.3 is 6.09 Å². The monoisotopic (exact) mass is 305 g/mol. The van der Waals surface area contributed by atoms with Crippen molar-refractivity contribution in [1.29, 1.82) is 0 Å². The third kappa shape index (κ3) is 11.2. The lowest BCUT2D eigenvalue weighted by Gasteiger charge is -2.27. The van der Waals surface area contributed by atoms with E-state index in [0.29, 0.717) is 12.6 Å². The standard InChI is InChI=1S/C13H31NO3Si2/c1-8-12(2)16-19(6,7)11-9-10-14-13(15)17-18(3,4)5/h12H,8-11H2,1-7H3,(H,14,15). The van der Waals surface area contributed by atoms with E-state index in [4.69, 9.17) is 8.85 Å². The van der Waals surface area contributed by atoms with Crippen molar-refractivity contribution in [3.05, 3.63) is 0 Å². The Balaban J connectivity index is 3.82. The van der Waals surface area contributed by atoms with Crippen LogP contribution in [0.1, 0.15) is 26.7 Å². The zero-order valence-corrected chi connectivity index (χ0v) is 15.6. The van der Waals surface area contributed by atoms with Gasteiger partial charge in [-0.15, -0.1) is 0 Å². The first kappa shape index (κ1) is 18.7. The van der Waals surface area contributed by atoms with E-state index in [9.17, 15) is 4.79 Å². The predicted octanol–water partition coefficient (Wildman–Crippen LogP) is 3.96. The van der Waals surface area contributed by atoms with E-state index in [1.54, 1.807) is 0 Å². The molecule has 0 saturated carbocycles. The lowest BCUT2D eigenvalue weighted by Crippen LogP contribution is -2.38. The van der Waals surface area contributed by atoms with Gasteiger partial charge in [0.25, 0.3) is 0 Å². The quantitative estimate of drug-likeness (QED) is 0.545. The molecule has 6 heteroatoms. The van der Waals surface area contributed by atoms with Gasteiger partial charge < -0.3 is 14.2 Å². The summed E-state index contributed by atoms with van der Waals surface area (Å²) in [5.74, 6) is 0. The molecule has 0 aliphatic rings. The summed E-state index contributed by atoms with van der Waals surface area (Å²) in [7, 11) is -3.36. The Kier molecular flexibility index (Phi) is 7.92. The molecule has 1 atom stereocenters. The van der Waals surface area contributed by atoms with E-state index in [1.165, 1.54) is 0 Å². The minimum Gasteiger partial charge on any atom is -0.504 e. The van der Waals surface area contributed by atoms with Crippen LogP contribution in [-0.4, -0.2) is 35.4 Å². The molecule has 1 amide bonds. The van der Waals surface area contributed by atoms with Gasteiger partial charge in [-0.05, 0) is 58.5 Å². The lowest BCUT2D eigenvalue weighted by atomic mass is 10.3. The highest BCUT2D eigenvalue weighted by atomic mass is 28.4. The fourth-order valence-corrected chi connectivity index (χ4v) is 4.74. The van der Waals surface area contributed by atoms with E-state index in [-0.39, 0.29) is 6.09 Å². The van der Waals surface area contributed by atoms with Crippen LogP contribution in [0.5, 0.6) is 0 Å². The predicted molar refractivity (Wildman–Crippen MR) is 85.6 cm³/mol. The maximum Gasteiger partial charge on any atom is 0.393 e. The molecule has 0 aromatic rings. The third-order valence-electron chi connectivity index (χ3n) is 2.72. The molecule has 0 aromatic carbocycles. The van der Waals surface area contributed by atoms with E-state index in [2.05, 4.69) is 32.3 Å². The Morgan fingerprint density at radius 3 is 2.26 bits per heavy atom. The van der Waals surface area contributed by atoms with Gasteiger partial charge in [0.2, 0.25) is 8.32 Å². The van der Waals surface area contributed by atoms with Crippen molar-refractivity contribution in [3.8, 4) is 0 Å². The number of amides is 1.